The van der Waals surface area contributed by atoms with Crippen molar-refractivity contribution < 1.29 is 14.3 Å². The molecule has 1 fully saturated rings. The Morgan fingerprint density at radius 2 is 2.43 bits per heavy atom. The molecule has 1 unspecified atom stereocenters. The van der Waals surface area contributed by atoms with Gasteiger partial charge in [-0.2, -0.15) is 4.98 Å². The number of carbonyl (C=O) groups excluding carboxylic acids is 1. The van der Waals surface area contributed by atoms with Crippen LogP contribution in [0.4, 0.5) is 5.95 Å². The van der Waals surface area contributed by atoms with Gasteiger partial charge in [-0.3, -0.25) is 20.2 Å². The lowest BCUT2D eigenvalue weighted by Crippen LogP contribution is -2.18. The molecule has 0 saturated carbocycles. The van der Waals surface area contributed by atoms with Crippen molar-refractivity contribution in [1.29, 1.82) is 0 Å². The molecule has 8 heteroatoms. The molecule has 0 aliphatic carbocycles. The molecule has 1 saturated heterocycles. The van der Waals surface area contributed by atoms with Crippen LogP contribution < -0.4 is 5.32 Å². The molecule has 0 radical (unpaired) electrons. The molecule has 0 aromatic carbocycles. The quantitative estimate of drug-likeness (QED) is 0.748. The zero-order valence-corrected chi connectivity index (χ0v) is 12.7. The van der Waals surface area contributed by atoms with Crippen molar-refractivity contribution in [1.82, 2.24) is 20.2 Å². The molecule has 1 amide bonds. The topological polar surface area (TPSA) is 102 Å². The molecule has 3 heterocycles. The zero-order chi connectivity index (χ0) is 15.9. The summed E-state index contributed by atoms with van der Waals surface area (Å²) in [7, 11) is 0. The summed E-state index contributed by atoms with van der Waals surface area (Å²) in [6.07, 6.45) is 4.20. The number of H-pyrrole nitrogens is 1. The first kappa shape index (κ1) is 15.6. The second-order valence-electron chi connectivity index (χ2n) is 5.23. The molecule has 1 atom stereocenters. The van der Waals surface area contributed by atoms with Crippen LogP contribution in [0, 0.1) is 0 Å². The van der Waals surface area contributed by atoms with Gasteiger partial charge in [0.1, 0.15) is 5.69 Å². The maximum absolute atomic E-state index is 11.8. The highest BCUT2D eigenvalue weighted by atomic mass is 16.5. The molecular formula is C15H19N5O3. The fourth-order valence-corrected chi connectivity index (χ4v) is 2.28. The lowest BCUT2D eigenvalue weighted by Gasteiger charge is -2.09. The average molecular weight is 317 g/mol. The summed E-state index contributed by atoms with van der Waals surface area (Å²) in [6, 6.07) is 5.48. The van der Waals surface area contributed by atoms with E-state index in [0.29, 0.717) is 24.7 Å². The van der Waals surface area contributed by atoms with E-state index in [-0.39, 0.29) is 24.4 Å². The molecule has 2 aromatic heterocycles. The van der Waals surface area contributed by atoms with Crippen molar-refractivity contribution in [2.45, 2.75) is 25.4 Å². The summed E-state index contributed by atoms with van der Waals surface area (Å²) < 4.78 is 10.9. The number of rotatable bonds is 7. The monoisotopic (exact) mass is 317 g/mol. The van der Waals surface area contributed by atoms with Crippen LogP contribution in [0.1, 0.15) is 19.3 Å². The predicted octanol–water partition coefficient (Wildman–Crippen LogP) is 1.39. The van der Waals surface area contributed by atoms with Crippen molar-refractivity contribution in [3.63, 3.8) is 0 Å². The molecule has 1 aliphatic heterocycles. The maximum atomic E-state index is 11.8. The highest BCUT2D eigenvalue weighted by Gasteiger charge is 2.15. The standard InChI is InChI=1S/C15H19N5O3/c21-13(6-9-22-10-11-4-3-8-23-11)17-15-18-14(19-20-15)12-5-1-2-7-16-12/h1-2,5,7,11H,3-4,6,8-10H2,(H2,17,18,19,20,21). The fourth-order valence-electron chi connectivity index (χ4n) is 2.28. The van der Waals surface area contributed by atoms with Crippen LogP contribution in [0.2, 0.25) is 0 Å². The molecular weight excluding hydrogens is 298 g/mol. The Labute approximate surface area is 133 Å². The van der Waals surface area contributed by atoms with Crippen molar-refractivity contribution in [3.8, 4) is 11.5 Å². The number of amides is 1. The van der Waals surface area contributed by atoms with E-state index in [1.165, 1.54) is 0 Å². The first-order chi connectivity index (χ1) is 11.3. The Morgan fingerprint density at radius 1 is 1.48 bits per heavy atom. The van der Waals surface area contributed by atoms with Crippen molar-refractivity contribution >= 4 is 11.9 Å². The SMILES string of the molecule is O=C(CCOCC1CCCO1)Nc1n[nH]c(-c2ccccn2)n1. The van der Waals surface area contributed by atoms with Crippen LogP contribution in [-0.2, 0) is 14.3 Å². The number of aromatic nitrogens is 4. The summed E-state index contributed by atoms with van der Waals surface area (Å²) in [6.45, 7) is 1.69. The summed E-state index contributed by atoms with van der Waals surface area (Å²) in [5.41, 5.74) is 0.667. The third-order valence-corrected chi connectivity index (χ3v) is 3.45. The molecule has 0 bridgehead atoms. The Hall–Kier alpha value is -2.32. The number of pyridine rings is 1. The van der Waals surface area contributed by atoms with Gasteiger partial charge in [-0.15, -0.1) is 5.10 Å². The van der Waals surface area contributed by atoms with Gasteiger partial charge >= 0.3 is 0 Å². The second-order valence-corrected chi connectivity index (χ2v) is 5.23. The minimum atomic E-state index is -0.191. The molecule has 0 spiro atoms. The Morgan fingerprint density at radius 3 is 3.22 bits per heavy atom. The molecule has 23 heavy (non-hydrogen) atoms. The van der Waals surface area contributed by atoms with Crippen molar-refractivity contribution in [2.24, 2.45) is 0 Å². The van der Waals surface area contributed by atoms with Crippen LogP contribution in [0.5, 0.6) is 0 Å². The van der Waals surface area contributed by atoms with E-state index in [4.69, 9.17) is 9.47 Å². The van der Waals surface area contributed by atoms with Crippen LogP contribution in [0.25, 0.3) is 11.5 Å². The van der Waals surface area contributed by atoms with E-state index in [1.54, 1.807) is 6.20 Å². The highest BCUT2D eigenvalue weighted by molar-refractivity contribution is 5.89. The number of anilines is 1. The smallest absolute Gasteiger partial charge is 0.249 e. The fraction of sp³-hybridized carbons (Fsp3) is 0.467. The summed E-state index contributed by atoms with van der Waals surface area (Å²) in [5.74, 6) is 0.550. The summed E-state index contributed by atoms with van der Waals surface area (Å²) in [4.78, 5) is 20.2. The zero-order valence-electron chi connectivity index (χ0n) is 12.7. The van der Waals surface area contributed by atoms with Gasteiger partial charge < -0.3 is 9.47 Å². The Balaban J connectivity index is 1.40. The molecule has 122 valence electrons. The third-order valence-electron chi connectivity index (χ3n) is 3.45. The molecule has 1 aliphatic rings. The number of nitrogens with one attached hydrogen (secondary N) is 2. The van der Waals surface area contributed by atoms with Crippen LogP contribution in [0.15, 0.2) is 24.4 Å². The minimum absolute atomic E-state index is 0.173. The number of aromatic amines is 1. The van der Waals surface area contributed by atoms with E-state index < -0.39 is 0 Å². The number of hydrogen-bond acceptors (Lipinski definition) is 6. The van der Waals surface area contributed by atoms with Crippen molar-refractivity contribution in [3.05, 3.63) is 24.4 Å². The van der Waals surface area contributed by atoms with Crippen molar-refractivity contribution in [2.75, 3.05) is 25.1 Å². The third kappa shape index (κ3) is 4.57. The Kier molecular flexibility index (Phi) is 5.28. The predicted molar refractivity (Wildman–Crippen MR) is 82.7 cm³/mol. The second kappa shape index (κ2) is 7.80. The van der Waals surface area contributed by atoms with Crippen LogP contribution in [0.3, 0.4) is 0 Å². The molecule has 2 aromatic rings. The number of nitrogens with zero attached hydrogens (tertiary/aromatic N) is 3. The number of carbonyl (C=O) groups is 1. The Bertz CT molecular complexity index is 625. The van der Waals surface area contributed by atoms with Gasteiger partial charge in [0.25, 0.3) is 0 Å². The van der Waals surface area contributed by atoms with Crippen LogP contribution >= 0.6 is 0 Å². The van der Waals surface area contributed by atoms with Gasteiger partial charge in [0.2, 0.25) is 11.9 Å². The van der Waals surface area contributed by atoms with Gasteiger partial charge in [-0.1, -0.05) is 6.07 Å². The average Bonchev–Trinajstić information content (AvgIpc) is 3.24. The van der Waals surface area contributed by atoms with Gasteiger partial charge in [0, 0.05) is 12.8 Å². The van der Waals surface area contributed by atoms with Crippen LogP contribution in [-0.4, -0.2) is 52.0 Å². The van der Waals surface area contributed by atoms with E-state index >= 15 is 0 Å². The number of hydrogen-bond donors (Lipinski definition) is 2. The number of ether oxygens (including phenoxy) is 2. The molecule has 8 nitrogen and oxygen atoms in total. The minimum Gasteiger partial charge on any atom is -0.378 e. The molecule has 3 rings (SSSR count). The highest BCUT2D eigenvalue weighted by Crippen LogP contribution is 2.13. The maximum Gasteiger partial charge on any atom is 0.249 e. The van der Waals surface area contributed by atoms with E-state index in [0.717, 1.165) is 19.4 Å². The van der Waals surface area contributed by atoms with Gasteiger partial charge in [0.05, 0.1) is 25.7 Å². The van der Waals surface area contributed by atoms with Gasteiger partial charge in [-0.25, -0.2) is 0 Å². The first-order valence-corrected chi connectivity index (χ1v) is 7.64. The van der Waals surface area contributed by atoms with Gasteiger partial charge in [0.15, 0.2) is 5.82 Å². The lowest BCUT2D eigenvalue weighted by atomic mass is 10.2. The summed E-state index contributed by atoms with van der Waals surface area (Å²) >= 11 is 0. The van der Waals surface area contributed by atoms with Gasteiger partial charge in [-0.05, 0) is 25.0 Å². The van der Waals surface area contributed by atoms with E-state index in [2.05, 4.69) is 25.5 Å². The summed E-state index contributed by atoms with van der Waals surface area (Å²) in [5, 5.41) is 9.33. The first-order valence-electron chi connectivity index (χ1n) is 7.64. The van der Waals surface area contributed by atoms with E-state index in [9.17, 15) is 4.79 Å². The largest absolute Gasteiger partial charge is 0.378 e. The lowest BCUT2D eigenvalue weighted by molar-refractivity contribution is -0.117. The van der Waals surface area contributed by atoms with E-state index in [1.807, 2.05) is 18.2 Å². The molecule has 2 N–H and O–H groups in total. The normalized spacial score (nSPS) is 17.3.